The lowest BCUT2D eigenvalue weighted by molar-refractivity contribution is 0.433. The highest BCUT2D eigenvalue weighted by atomic mass is 35.5. The molecule has 1 aliphatic heterocycles. The van der Waals surface area contributed by atoms with E-state index in [0.717, 1.165) is 27.6 Å². The van der Waals surface area contributed by atoms with E-state index in [2.05, 4.69) is 14.9 Å². The Morgan fingerprint density at radius 1 is 1.15 bits per heavy atom. The predicted octanol–water partition coefficient (Wildman–Crippen LogP) is 3.38. The summed E-state index contributed by atoms with van der Waals surface area (Å²) in [5.74, 6) is -0.637. The Hall–Kier alpha value is -1.81. The molecule has 0 amide bonds. The Morgan fingerprint density at radius 2 is 2.00 bits per heavy atom. The first-order chi connectivity index (χ1) is 12.9. The minimum Gasteiger partial charge on any atom is -0.347 e. The van der Waals surface area contributed by atoms with Crippen molar-refractivity contribution in [2.24, 2.45) is 0 Å². The highest BCUT2D eigenvalue weighted by Gasteiger charge is 2.28. The van der Waals surface area contributed by atoms with Gasteiger partial charge in [-0.05, 0) is 36.8 Å². The Kier molecular flexibility index (Phi) is 5.02. The zero-order valence-electron chi connectivity index (χ0n) is 14.2. The summed E-state index contributed by atoms with van der Waals surface area (Å²) in [5.41, 5.74) is 0.840. The lowest BCUT2D eigenvalue weighted by Gasteiger charge is -2.21. The second kappa shape index (κ2) is 7.31. The molecule has 4 rings (SSSR count). The molecule has 1 saturated heterocycles. The van der Waals surface area contributed by atoms with E-state index < -0.39 is 15.8 Å². The van der Waals surface area contributed by atoms with Crippen LogP contribution in [0.1, 0.15) is 6.42 Å². The standard InChI is InChI=1S/C17H16ClFN4O2S2/c18-13-11-12(4-5-14(13)19)27(24,25)23-8-2-7-22(9-10-23)17-21-15-3-1-6-20-16(15)26-17/h1,3-6,11H,2,7-10H2. The summed E-state index contributed by atoms with van der Waals surface area (Å²) in [6, 6.07) is 7.24. The van der Waals surface area contributed by atoms with Gasteiger partial charge in [0.1, 0.15) is 16.2 Å². The summed E-state index contributed by atoms with van der Waals surface area (Å²) in [7, 11) is -3.73. The molecule has 1 aliphatic rings. The van der Waals surface area contributed by atoms with Crippen molar-refractivity contribution in [2.75, 3.05) is 31.1 Å². The number of thiazole rings is 1. The number of pyridine rings is 1. The second-order valence-corrected chi connectivity index (χ2v) is 9.45. The van der Waals surface area contributed by atoms with Gasteiger partial charge in [-0.25, -0.2) is 22.8 Å². The zero-order valence-corrected chi connectivity index (χ0v) is 16.6. The average molecular weight is 427 g/mol. The maximum absolute atomic E-state index is 13.4. The predicted molar refractivity (Wildman–Crippen MR) is 104 cm³/mol. The number of hydrogen-bond acceptors (Lipinski definition) is 6. The van der Waals surface area contributed by atoms with E-state index in [1.54, 1.807) is 6.20 Å². The van der Waals surface area contributed by atoms with Gasteiger partial charge in [-0.3, -0.25) is 0 Å². The third-order valence-electron chi connectivity index (χ3n) is 4.41. The SMILES string of the molecule is O=S(=O)(c1ccc(F)c(Cl)c1)N1CCCN(c2nc3cccnc3s2)CC1. The number of rotatable bonds is 3. The molecule has 0 bridgehead atoms. The van der Waals surface area contributed by atoms with Crippen LogP contribution in [0.4, 0.5) is 9.52 Å². The molecule has 1 aromatic carbocycles. The molecule has 0 unspecified atom stereocenters. The molecule has 142 valence electrons. The fourth-order valence-electron chi connectivity index (χ4n) is 3.01. The first-order valence-electron chi connectivity index (χ1n) is 8.37. The molecule has 0 aliphatic carbocycles. The van der Waals surface area contributed by atoms with Gasteiger partial charge in [0, 0.05) is 32.4 Å². The van der Waals surface area contributed by atoms with E-state index >= 15 is 0 Å². The van der Waals surface area contributed by atoms with Gasteiger partial charge in [-0.15, -0.1) is 0 Å². The number of benzene rings is 1. The lowest BCUT2D eigenvalue weighted by atomic mass is 10.3. The number of halogens is 2. The van der Waals surface area contributed by atoms with Gasteiger partial charge in [-0.1, -0.05) is 22.9 Å². The molecule has 1 fully saturated rings. The normalized spacial score (nSPS) is 16.6. The van der Waals surface area contributed by atoms with E-state index in [-0.39, 0.29) is 9.92 Å². The van der Waals surface area contributed by atoms with Crippen molar-refractivity contribution in [1.29, 1.82) is 0 Å². The fourth-order valence-corrected chi connectivity index (χ4v) is 5.71. The van der Waals surface area contributed by atoms with Gasteiger partial charge < -0.3 is 4.90 Å². The van der Waals surface area contributed by atoms with Crippen molar-refractivity contribution >= 4 is 48.4 Å². The third kappa shape index (κ3) is 3.64. The van der Waals surface area contributed by atoms with Crippen molar-refractivity contribution in [3.8, 4) is 0 Å². The highest BCUT2D eigenvalue weighted by Crippen LogP contribution is 2.29. The van der Waals surface area contributed by atoms with E-state index in [1.165, 1.54) is 21.7 Å². The summed E-state index contributed by atoms with van der Waals surface area (Å²) in [4.78, 5) is 11.9. The van der Waals surface area contributed by atoms with E-state index in [0.29, 0.717) is 32.6 Å². The van der Waals surface area contributed by atoms with Gasteiger partial charge in [0.2, 0.25) is 10.0 Å². The van der Waals surface area contributed by atoms with Crippen LogP contribution in [0.15, 0.2) is 41.4 Å². The van der Waals surface area contributed by atoms with E-state index in [1.807, 2.05) is 12.1 Å². The molecule has 3 heterocycles. The molecule has 0 N–H and O–H groups in total. The van der Waals surface area contributed by atoms with Gasteiger partial charge in [0.15, 0.2) is 5.13 Å². The van der Waals surface area contributed by atoms with Crippen molar-refractivity contribution in [3.63, 3.8) is 0 Å². The Balaban J connectivity index is 1.54. The molecule has 2 aromatic heterocycles. The van der Waals surface area contributed by atoms with Crippen molar-refractivity contribution in [3.05, 3.63) is 47.4 Å². The van der Waals surface area contributed by atoms with Gasteiger partial charge in [0.25, 0.3) is 0 Å². The van der Waals surface area contributed by atoms with E-state index in [9.17, 15) is 12.8 Å². The second-order valence-electron chi connectivity index (χ2n) is 6.14. The molecule has 0 radical (unpaired) electrons. The number of sulfonamides is 1. The van der Waals surface area contributed by atoms with Crippen LogP contribution in [0.3, 0.4) is 0 Å². The minimum absolute atomic E-state index is 0.00605. The van der Waals surface area contributed by atoms with Crippen LogP contribution >= 0.6 is 22.9 Å². The number of nitrogens with zero attached hydrogens (tertiary/aromatic N) is 4. The minimum atomic E-state index is -3.73. The van der Waals surface area contributed by atoms with Gasteiger partial charge >= 0.3 is 0 Å². The van der Waals surface area contributed by atoms with Crippen LogP contribution in [0.2, 0.25) is 5.02 Å². The number of aromatic nitrogens is 2. The van der Waals surface area contributed by atoms with Crippen LogP contribution in [0.25, 0.3) is 10.3 Å². The zero-order chi connectivity index (χ0) is 19.0. The molecule has 3 aromatic rings. The van der Waals surface area contributed by atoms with Crippen LogP contribution in [0, 0.1) is 5.82 Å². The monoisotopic (exact) mass is 426 g/mol. The molecule has 10 heteroatoms. The fraction of sp³-hybridized carbons (Fsp3) is 0.294. The van der Waals surface area contributed by atoms with Gasteiger partial charge in [0.05, 0.1) is 9.92 Å². The maximum Gasteiger partial charge on any atom is 0.243 e. The summed E-state index contributed by atoms with van der Waals surface area (Å²) in [5, 5.41) is 0.641. The summed E-state index contributed by atoms with van der Waals surface area (Å²) < 4.78 is 40.6. The van der Waals surface area contributed by atoms with Crippen LogP contribution in [-0.2, 0) is 10.0 Å². The Labute approximate surface area is 165 Å². The number of fused-ring (bicyclic) bond motifs is 1. The first kappa shape index (κ1) is 18.5. The Morgan fingerprint density at radius 3 is 2.78 bits per heavy atom. The smallest absolute Gasteiger partial charge is 0.243 e. The highest BCUT2D eigenvalue weighted by molar-refractivity contribution is 7.89. The van der Waals surface area contributed by atoms with Crippen molar-refractivity contribution in [1.82, 2.24) is 14.3 Å². The molecular weight excluding hydrogens is 411 g/mol. The largest absolute Gasteiger partial charge is 0.347 e. The number of anilines is 1. The van der Waals surface area contributed by atoms with Crippen molar-refractivity contribution in [2.45, 2.75) is 11.3 Å². The Bertz CT molecular complexity index is 1060. The maximum atomic E-state index is 13.4. The molecule has 0 atom stereocenters. The molecular formula is C17H16ClFN4O2S2. The molecule has 0 saturated carbocycles. The summed E-state index contributed by atoms with van der Waals surface area (Å²) >= 11 is 7.25. The van der Waals surface area contributed by atoms with Crippen LogP contribution in [0.5, 0.6) is 0 Å². The summed E-state index contributed by atoms with van der Waals surface area (Å²) in [6.45, 7) is 1.93. The van der Waals surface area contributed by atoms with E-state index in [4.69, 9.17) is 11.6 Å². The molecule has 27 heavy (non-hydrogen) atoms. The third-order valence-corrected chi connectivity index (χ3v) is 7.63. The topological polar surface area (TPSA) is 66.4 Å². The van der Waals surface area contributed by atoms with Gasteiger partial charge in [-0.2, -0.15) is 4.31 Å². The molecule has 0 spiro atoms. The first-order valence-corrected chi connectivity index (χ1v) is 11.0. The lowest BCUT2D eigenvalue weighted by Crippen LogP contribution is -2.35. The molecule has 6 nitrogen and oxygen atoms in total. The average Bonchev–Trinajstić information content (AvgIpc) is 2.92. The summed E-state index contributed by atoms with van der Waals surface area (Å²) in [6.07, 6.45) is 2.40. The number of hydrogen-bond donors (Lipinski definition) is 0. The van der Waals surface area contributed by atoms with Crippen molar-refractivity contribution < 1.29 is 12.8 Å². The quantitative estimate of drug-likeness (QED) is 0.642. The van der Waals surface area contributed by atoms with Crippen LogP contribution in [-0.4, -0.2) is 48.9 Å². The van der Waals surface area contributed by atoms with Crippen LogP contribution < -0.4 is 4.90 Å².